The SMILES string of the molecule is CCCCSc1nnc2c(n1)O[C@H](/C(C)=C/c1ccccc1)Nc1ccccc1-2. The summed E-state index contributed by atoms with van der Waals surface area (Å²) in [4.78, 5) is 4.68. The zero-order chi connectivity index (χ0) is 20.1. The fourth-order valence-corrected chi connectivity index (χ4v) is 3.97. The van der Waals surface area contributed by atoms with Crippen molar-refractivity contribution >= 4 is 23.5 Å². The van der Waals surface area contributed by atoms with Gasteiger partial charge in [-0.25, -0.2) is 0 Å². The summed E-state index contributed by atoms with van der Waals surface area (Å²) in [7, 11) is 0. The smallest absolute Gasteiger partial charge is 0.247 e. The molecule has 0 aliphatic carbocycles. The van der Waals surface area contributed by atoms with Crippen LogP contribution in [0.2, 0.25) is 0 Å². The van der Waals surface area contributed by atoms with Crippen LogP contribution < -0.4 is 10.1 Å². The third-order valence-corrected chi connectivity index (χ3v) is 5.59. The van der Waals surface area contributed by atoms with Gasteiger partial charge in [0.15, 0.2) is 11.9 Å². The van der Waals surface area contributed by atoms with Crippen LogP contribution in [0.4, 0.5) is 5.69 Å². The van der Waals surface area contributed by atoms with Crippen molar-refractivity contribution in [2.75, 3.05) is 11.1 Å². The van der Waals surface area contributed by atoms with Crippen LogP contribution in [0, 0.1) is 0 Å². The molecule has 2 heterocycles. The van der Waals surface area contributed by atoms with Crippen molar-refractivity contribution in [3.8, 4) is 17.1 Å². The van der Waals surface area contributed by atoms with Gasteiger partial charge in [0.25, 0.3) is 0 Å². The second-order valence-electron chi connectivity index (χ2n) is 6.94. The molecule has 0 spiro atoms. The molecule has 0 saturated heterocycles. The van der Waals surface area contributed by atoms with E-state index in [-0.39, 0.29) is 6.23 Å². The van der Waals surface area contributed by atoms with Gasteiger partial charge in [0.2, 0.25) is 11.0 Å². The lowest BCUT2D eigenvalue weighted by molar-refractivity contribution is 0.255. The fourth-order valence-electron chi connectivity index (χ4n) is 3.11. The molecule has 0 fully saturated rings. The van der Waals surface area contributed by atoms with Crippen molar-refractivity contribution in [3.05, 3.63) is 65.7 Å². The Bertz CT molecular complexity index is 1010. The molecule has 6 heteroatoms. The summed E-state index contributed by atoms with van der Waals surface area (Å²) in [6, 6.07) is 18.3. The van der Waals surface area contributed by atoms with Gasteiger partial charge in [-0.2, -0.15) is 4.98 Å². The number of nitrogens with one attached hydrogen (secondary N) is 1. The molecule has 0 unspecified atom stereocenters. The van der Waals surface area contributed by atoms with Gasteiger partial charge in [-0.05, 0) is 30.5 Å². The first-order chi connectivity index (χ1) is 14.2. The number of benzene rings is 2. The maximum atomic E-state index is 6.31. The Morgan fingerprint density at radius 3 is 2.72 bits per heavy atom. The normalized spacial score (nSPS) is 15.5. The van der Waals surface area contributed by atoms with Crippen LogP contribution in [0.3, 0.4) is 0 Å². The third kappa shape index (κ3) is 4.59. The molecule has 1 aromatic heterocycles. The van der Waals surface area contributed by atoms with E-state index in [0.717, 1.165) is 41.0 Å². The van der Waals surface area contributed by atoms with Gasteiger partial charge in [-0.1, -0.05) is 79.7 Å². The molecule has 2 aromatic carbocycles. The zero-order valence-electron chi connectivity index (χ0n) is 16.6. The van der Waals surface area contributed by atoms with E-state index in [2.05, 4.69) is 52.6 Å². The van der Waals surface area contributed by atoms with Gasteiger partial charge in [-0.3, -0.25) is 0 Å². The Hall–Kier alpha value is -2.86. The largest absolute Gasteiger partial charge is 0.448 e. The maximum absolute atomic E-state index is 6.31. The summed E-state index contributed by atoms with van der Waals surface area (Å²) < 4.78 is 6.31. The molecule has 29 heavy (non-hydrogen) atoms. The Morgan fingerprint density at radius 2 is 1.90 bits per heavy atom. The summed E-state index contributed by atoms with van der Waals surface area (Å²) in [5.74, 6) is 1.49. The van der Waals surface area contributed by atoms with E-state index in [0.29, 0.717) is 16.7 Å². The first-order valence-corrected chi connectivity index (χ1v) is 10.9. The fraction of sp³-hybridized carbons (Fsp3) is 0.261. The predicted octanol–water partition coefficient (Wildman–Crippen LogP) is 5.66. The molecule has 0 bridgehead atoms. The van der Waals surface area contributed by atoms with E-state index in [1.807, 2.05) is 42.5 Å². The Labute approximate surface area is 175 Å². The highest BCUT2D eigenvalue weighted by atomic mass is 32.2. The van der Waals surface area contributed by atoms with E-state index in [4.69, 9.17) is 4.74 Å². The molecule has 3 aromatic rings. The van der Waals surface area contributed by atoms with Gasteiger partial charge in [0, 0.05) is 17.0 Å². The second kappa shape index (κ2) is 9.09. The number of fused-ring (bicyclic) bond motifs is 3. The number of nitrogens with zero attached hydrogens (tertiary/aromatic N) is 3. The van der Waals surface area contributed by atoms with Crippen molar-refractivity contribution in [2.24, 2.45) is 0 Å². The Balaban J connectivity index is 1.69. The Morgan fingerprint density at radius 1 is 1.10 bits per heavy atom. The molecule has 0 amide bonds. The molecule has 1 aliphatic heterocycles. The second-order valence-corrected chi connectivity index (χ2v) is 8.00. The highest BCUT2D eigenvalue weighted by Gasteiger charge is 2.25. The minimum atomic E-state index is -0.345. The van der Waals surface area contributed by atoms with Crippen molar-refractivity contribution < 1.29 is 4.74 Å². The lowest BCUT2D eigenvalue weighted by Gasteiger charge is -2.20. The van der Waals surface area contributed by atoms with Gasteiger partial charge >= 0.3 is 0 Å². The zero-order valence-corrected chi connectivity index (χ0v) is 17.4. The summed E-state index contributed by atoms with van der Waals surface area (Å²) in [6.07, 6.45) is 4.04. The quantitative estimate of drug-likeness (QED) is 0.422. The number of thioether (sulfide) groups is 1. The lowest BCUT2D eigenvalue weighted by atomic mass is 10.1. The van der Waals surface area contributed by atoms with Crippen molar-refractivity contribution in [1.82, 2.24) is 15.2 Å². The number of rotatable bonds is 6. The van der Waals surface area contributed by atoms with E-state index in [1.54, 1.807) is 11.8 Å². The van der Waals surface area contributed by atoms with Crippen LogP contribution in [-0.4, -0.2) is 27.2 Å². The van der Waals surface area contributed by atoms with E-state index < -0.39 is 0 Å². The van der Waals surface area contributed by atoms with Crippen LogP contribution >= 0.6 is 11.8 Å². The highest BCUT2D eigenvalue weighted by molar-refractivity contribution is 7.99. The first-order valence-electron chi connectivity index (χ1n) is 9.88. The predicted molar refractivity (Wildman–Crippen MR) is 119 cm³/mol. The monoisotopic (exact) mass is 404 g/mol. The van der Waals surface area contributed by atoms with Crippen molar-refractivity contribution in [3.63, 3.8) is 0 Å². The Kier molecular flexibility index (Phi) is 6.10. The van der Waals surface area contributed by atoms with E-state index in [9.17, 15) is 0 Å². The number of hydrogen-bond donors (Lipinski definition) is 1. The van der Waals surface area contributed by atoms with Crippen molar-refractivity contribution in [2.45, 2.75) is 38.1 Å². The van der Waals surface area contributed by atoms with Crippen LogP contribution in [0.25, 0.3) is 17.3 Å². The number of para-hydroxylation sites is 1. The molecular formula is C23H24N4OS. The number of unbranched alkanes of at least 4 members (excludes halogenated alkanes) is 1. The maximum Gasteiger partial charge on any atom is 0.247 e. The molecule has 0 saturated carbocycles. The molecule has 5 nitrogen and oxygen atoms in total. The molecule has 148 valence electrons. The molecular weight excluding hydrogens is 380 g/mol. The van der Waals surface area contributed by atoms with E-state index in [1.165, 1.54) is 0 Å². The average molecular weight is 405 g/mol. The molecule has 4 rings (SSSR count). The minimum Gasteiger partial charge on any atom is -0.448 e. The number of hydrogen-bond acceptors (Lipinski definition) is 6. The van der Waals surface area contributed by atoms with Gasteiger partial charge < -0.3 is 10.1 Å². The number of anilines is 1. The lowest BCUT2D eigenvalue weighted by Crippen LogP contribution is -2.27. The number of aromatic nitrogens is 3. The summed E-state index contributed by atoms with van der Waals surface area (Å²) in [5.41, 5.74) is 4.76. The average Bonchev–Trinajstić information content (AvgIpc) is 2.91. The third-order valence-electron chi connectivity index (χ3n) is 4.67. The summed E-state index contributed by atoms with van der Waals surface area (Å²) >= 11 is 1.62. The van der Waals surface area contributed by atoms with Crippen LogP contribution in [0.5, 0.6) is 5.88 Å². The van der Waals surface area contributed by atoms with Crippen LogP contribution in [-0.2, 0) is 0 Å². The minimum absolute atomic E-state index is 0.345. The van der Waals surface area contributed by atoms with Crippen molar-refractivity contribution in [1.29, 1.82) is 0 Å². The molecule has 1 atom stereocenters. The summed E-state index contributed by atoms with van der Waals surface area (Å²) in [6.45, 7) is 4.23. The summed E-state index contributed by atoms with van der Waals surface area (Å²) in [5, 5.41) is 12.9. The number of ether oxygens (including phenoxy) is 1. The van der Waals surface area contributed by atoms with Crippen LogP contribution in [0.15, 0.2) is 65.3 Å². The van der Waals surface area contributed by atoms with Gasteiger partial charge in [0.1, 0.15) is 0 Å². The van der Waals surface area contributed by atoms with Gasteiger partial charge in [0.05, 0.1) is 0 Å². The standard InChI is InChI=1S/C23H24N4OS/c1-3-4-14-29-23-25-22-20(26-27-23)18-12-8-9-13-19(18)24-21(28-22)16(2)15-17-10-6-5-7-11-17/h5-13,15,21,24H,3-4,14H2,1-2H3/b16-15+/t21-/m1/s1. The molecule has 1 N–H and O–H groups in total. The first kappa shape index (κ1) is 19.5. The topological polar surface area (TPSA) is 59.9 Å². The highest BCUT2D eigenvalue weighted by Crippen LogP contribution is 2.37. The van der Waals surface area contributed by atoms with E-state index >= 15 is 0 Å². The molecule has 1 aliphatic rings. The van der Waals surface area contributed by atoms with Gasteiger partial charge in [-0.15, -0.1) is 10.2 Å². The van der Waals surface area contributed by atoms with Crippen LogP contribution in [0.1, 0.15) is 32.3 Å². The molecule has 0 radical (unpaired) electrons.